The van der Waals surface area contributed by atoms with Gasteiger partial charge in [-0.2, -0.15) is 4.31 Å². The summed E-state index contributed by atoms with van der Waals surface area (Å²) in [6, 6.07) is 0. The lowest BCUT2D eigenvalue weighted by Gasteiger charge is -2.38. The van der Waals surface area contributed by atoms with Crippen molar-refractivity contribution in [2.75, 3.05) is 13.1 Å². The molecule has 106 valence electrons. The van der Waals surface area contributed by atoms with Gasteiger partial charge in [0, 0.05) is 13.1 Å². The van der Waals surface area contributed by atoms with E-state index in [1.54, 1.807) is 4.31 Å². The summed E-state index contributed by atoms with van der Waals surface area (Å²) in [4.78, 5) is 3.83. The van der Waals surface area contributed by atoms with Crippen LogP contribution < -0.4 is 0 Å². The summed E-state index contributed by atoms with van der Waals surface area (Å²) in [6.45, 7) is 1.27. The molecule has 0 atom stereocenters. The van der Waals surface area contributed by atoms with E-state index in [4.69, 9.17) is 11.6 Å². The van der Waals surface area contributed by atoms with Crippen molar-refractivity contribution in [3.05, 3.63) is 10.7 Å². The molecule has 19 heavy (non-hydrogen) atoms. The molecule has 1 aliphatic carbocycles. The molecule has 1 spiro atoms. The smallest absolute Gasteiger partial charge is 0.232 e. The van der Waals surface area contributed by atoms with Gasteiger partial charge >= 0.3 is 0 Å². The van der Waals surface area contributed by atoms with Crippen molar-refractivity contribution < 1.29 is 8.42 Å². The highest BCUT2D eigenvalue weighted by molar-refractivity contribution is 7.91. The van der Waals surface area contributed by atoms with Crippen LogP contribution in [0.25, 0.3) is 0 Å². The van der Waals surface area contributed by atoms with Crippen LogP contribution in [-0.4, -0.2) is 30.8 Å². The number of hydrogen-bond donors (Lipinski definition) is 0. The summed E-state index contributed by atoms with van der Waals surface area (Å²) in [5.74, 6) is 0. The van der Waals surface area contributed by atoms with Crippen molar-refractivity contribution in [2.24, 2.45) is 5.41 Å². The third kappa shape index (κ3) is 2.55. The summed E-state index contributed by atoms with van der Waals surface area (Å²) in [6.07, 6.45) is 8.51. The molecule has 0 aromatic carbocycles. The highest BCUT2D eigenvalue weighted by Gasteiger charge is 2.40. The first kappa shape index (κ1) is 13.8. The normalized spacial score (nSPS) is 24.1. The highest BCUT2D eigenvalue weighted by atomic mass is 35.5. The Balaban J connectivity index is 1.74. The summed E-state index contributed by atoms with van der Waals surface area (Å²) in [5.41, 5.74) is 0.428. The van der Waals surface area contributed by atoms with Gasteiger partial charge in [0.15, 0.2) is 8.68 Å². The first-order chi connectivity index (χ1) is 9.02. The van der Waals surface area contributed by atoms with Crippen LogP contribution in [0.4, 0.5) is 0 Å². The van der Waals surface area contributed by atoms with Crippen molar-refractivity contribution in [2.45, 2.75) is 42.7 Å². The van der Waals surface area contributed by atoms with E-state index in [0.717, 1.165) is 24.2 Å². The van der Waals surface area contributed by atoms with E-state index in [2.05, 4.69) is 4.98 Å². The number of nitrogens with zero attached hydrogens (tertiary/aromatic N) is 2. The topological polar surface area (TPSA) is 50.3 Å². The van der Waals surface area contributed by atoms with Crippen LogP contribution in [0.2, 0.25) is 4.47 Å². The zero-order chi connectivity index (χ0) is 13.5. The second kappa shape index (κ2) is 4.98. The second-order valence-corrected chi connectivity index (χ2v) is 9.32. The van der Waals surface area contributed by atoms with E-state index >= 15 is 0 Å². The molecule has 1 aromatic rings. The average molecular weight is 321 g/mol. The highest BCUT2D eigenvalue weighted by Crippen LogP contribution is 2.46. The van der Waals surface area contributed by atoms with Gasteiger partial charge in [-0.3, -0.25) is 0 Å². The fourth-order valence-corrected chi connectivity index (χ4v) is 6.20. The lowest BCUT2D eigenvalue weighted by Crippen LogP contribution is -2.41. The molecule has 7 heteroatoms. The van der Waals surface area contributed by atoms with E-state index < -0.39 is 10.0 Å². The zero-order valence-electron chi connectivity index (χ0n) is 10.6. The van der Waals surface area contributed by atoms with Gasteiger partial charge in [-0.05, 0) is 31.1 Å². The standard InChI is InChI=1S/C12H17ClN2O2S2/c13-11-14-9-10(18-11)19(16,17)15-7-5-12(6-8-15)3-1-2-4-12/h9H,1-8H2. The maximum absolute atomic E-state index is 12.4. The summed E-state index contributed by atoms with van der Waals surface area (Å²) >= 11 is 6.77. The maximum atomic E-state index is 12.4. The molecule has 0 radical (unpaired) electrons. The Morgan fingerprint density at radius 1 is 1.21 bits per heavy atom. The van der Waals surface area contributed by atoms with Crippen molar-refractivity contribution in [3.8, 4) is 0 Å². The van der Waals surface area contributed by atoms with Crippen molar-refractivity contribution >= 4 is 33.0 Å². The molecule has 1 aliphatic heterocycles. The number of rotatable bonds is 2. The number of thiazole rings is 1. The van der Waals surface area contributed by atoms with Crippen LogP contribution in [0.15, 0.2) is 10.4 Å². The van der Waals surface area contributed by atoms with Crippen molar-refractivity contribution in [1.29, 1.82) is 0 Å². The van der Waals surface area contributed by atoms with E-state index in [-0.39, 0.29) is 8.68 Å². The van der Waals surface area contributed by atoms with Crippen molar-refractivity contribution in [3.63, 3.8) is 0 Å². The predicted molar refractivity (Wildman–Crippen MR) is 76.0 cm³/mol. The van der Waals surface area contributed by atoms with Crippen LogP contribution in [0.1, 0.15) is 38.5 Å². The second-order valence-electron chi connectivity index (χ2n) is 5.54. The van der Waals surface area contributed by atoms with E-state index in [0.29, 0.717) is 18.5 Å². The molecule has 0 bridgehead atoms. The van der Waals surface area contributed by atoms with Crippen LogP contribution in [0, 0.1) is 5.41 Å². The van der Waals surface area contributed by atoms with Gasteiger partial charge in [0.2, 0.25) is 0 Å². The first-order valence-corrected chi connectivity index (χ1v) is 9.27. The number of sulfonamides is 1. The molecule has 1 aromatic heterocycles. The fraction of sp³-hybridized carbons (Fsp3) is 0.750. The fourth-order valence-electron chi connectivity index (χ4n) is 3.31. The molecular formula is C12H17ClN2O2S2. The largest absolute Gasteiger partial charge is 0.254 e. The van der Waals surface area contributed by atoms with Gasteiger partial charge in [-0.25, -0.2) is 13.4 Å². The Kier molecular flexibility index (Phi) is 3.62. The molecule has 2 aliphatic rings. The van der Waals surface area contributed by atoms with Gasteiger partial charge in [-0.1, -0.05) is 35.8 Å². The minimum atomic E-state index is -3.38. The Labute approximate surface area is 122 Å². The van der Waals surface area contributed by atoms with E-state index in [1.165, 1.54) is 31.9 Å². The first-order valence-electron chi connectivity index (χ1n) is 6.63. The average Bonchev–Trinajstić information content (AvgIpc) is 3.00. The van der Waals surface area contributed by atoms with Gasteiger partial charge in [-0.15, -0.1) is 0 Å². The minimum Gasteiger partial charge on any atom is -0.232 e. The third-order valence-electron chi connectivity index (χ3n) is 4.50. The Hall–Kier alpha value is -0.170. The number of aromatic nitrogens is 1. The Morgan fingerprint density at radius 2 is 1.84 bits per heavy atom. The van der Waals surface area contributed by atoms with Gasteiger partial charge in [0.05, 0.1) is 6.20 Å². The third-order valence-corrected chi connectivity index (χ3v) is 7.95. The molecule has 2 fully saturated rings. The number of piperidine rings is 1. The SMILES string of the molecule is O=S(=O)(c1cnc(Cl)s1)N1CCC2(CCCC2)CC1. The van der Waals surface area contributed by atoms with Crippen LogP contribution in [-0.2, 0) is 10.0 Å². The number of halogens is 1. The molecule has 3 rings (SSSR count). The van der Waals surface area contributed by atoms with E-state index in [9.17, 15) is 8.42 Å². The quantitative estimate of drug-likeness (QED) is 0.841. The molecule has 4 nitrogen and oxygen atoms in total. The van der Waals surface area contributed by atoms with Gasteiger partial charge < -0.3 is 0 Å². The predicted octanol–water partition coefficient (Wildman–Crippen LogP) is 3.14. The van der Waals surface area contributed by atoms with Crippen molar-refractivity contribution in [1.82, 2.24) is 9.29 Å². The van der Waals surface area contributed by atoms with Crippen LogP contribution in [0.5, 0.6) is 0 Å². The Bertz CT molecular complexity index is 554. The molecule has 0 unspecified atom stereocenters. The monoisotopic (exact) mass is 320 g/mol. The summed E-state index contributed by atoms with van der Waals surface area (Å²) in [5, 5.41) is 0. The zero-order valence-corrected chi connectivity index (χ0v) is 13.0. The summed E-state index contributed by atoms with van der Waals surface area (Å²) in [7, 11) is -3.38. The maximum Gasteiger partial charge on any atom is 0.254 e. The molecule has 1 saturated heterocycles. The molecule has 0 amide bonds. The lowest BCUT2D eigenvalue weighted by atomic mass is 9.78. The molecular weight excluding hydrogens is 304 g/mol. The Morgan fingerprint density at radius 3 is 2.37 bits per heavy atom. The number of hydrogen-bond acceptors (Lipinski definition) is 4. The molecule has 2 heterocycles. The summed E-state index contributed by atoms with van der Waals surface area (Å²) < 4.78 is 27.0. The molecule has 0 N–H and O–H groups in total. The van der Waals surface area contributed by atoms with Crippen LogP contribution in [0.3, 0.4) is 0 Å². The van der Waals surface area contributed by atoms with Gasteiger partial charge in [0.25, 0.3) is 10.0 Å². The van der Waals surface area contributed by atoms with E-state index in [1.807, 2.05) is 0 Å². The van der Waals surface area contributed by atoms with Gasteiger partial charge in [0.1, 0.15) is 0 Å². The van der Waals surface area contributed by atoms with Crippen LogP contribution >= 0.6 is 22.9 Å². The minimum absolute atomic E-state index is 0.264. The molecule has 1 saturated carbocycles. The lowest BCUT2D eigenvalue weighted by molar-refractivity contribution is 0.160.